The van der Waals surface area contributed by atoms with E-state index in [9.17, 15) is 14.4 Å². The minimum absolute atomic E-state index is 0.0454. The van der Waals surface area contributed by atoms with Gasteiger partial charge in [-0.1, -0.05) is 144 Å². The molecule has 1 heterocycles. The molecule has 1 amide bonds. The predicted octanol–water partition coefficient (Wildman–Crippen LogP) is 12.1. The number of hydrogen-bond acceptors (Lipinski definition) is 7. The Morgan fingerprint density at radius 2 is 1.11 bits per heavy atom. The molecule has 1 aromatic rings. The molecular weight excluding hydrogens is 713 g/mol. The molecule has 8 heteroatoms. The zero-order chi connectivity index (χ0) is 43.8. The molecule has 57 heavy (non-hydrogen) atoms. The van der Waals surface area contributed by atoms with Gasteiger partial charge in [0.05, 0.1) is 37.3 Å². The maximum absolute atomic E-state index is 11.7. The fraction of sp³-hybridized carbons (Fsp3) is 0.816. The first-order chi connectivity index (χ1) is 26.9. The zero-order valence-corrected chi connectivity index (χ0v) is 39.9. The van der Waals surface area contributed by atoms with Crippen molar-refractivity contribution in [3.63, 3.8) is 0 Å². The Labute approximate surface area is 352 Å². The molecule has 0 aromatic heterocycles. The third-order valence-electron chi connectivity index (χ3n) is 11.4. The molecule has 1 unspecified atom stereocenters. The molecular formula is C49H92N2O6. The predicted molar refractivity (Wildman–Crippen MR) is 242 cm³/mol. The fourth-order valence-corrected chi connectivity index (χ4v) is 5.34. The Morgan fingerprint density at radius 1 is 0.667 bits per heavy atom. The standard InChI is InChI=1S/C18H36O2.C11H23NO2.C11H16.C9H17NO2/c1-5-7-8-9-10-11-12-13-14-15-16-20-17(19)18(3,4)6-2;1-6-11(2,3)10(13)14-9-7-8-12(4)5;1-4-11(2,3)10-8-6-5-7-9-10;1-3-8(2)9(11)10-4-6-12-7-5-10/h5-16H2,1-4H3;6-9H2,1-5H3;5-9H,4H2,1-3H3;8H,3-7H2,1-2H3. The third kappa shape index (κ3) is 28.6. The van der Waals surface area contributed by atoms with Gasteiger partial charge in [0.15, 0.2) is 0 Å². The van der Waals surface area contributed by atoms with Crippen molar-refractivity contribution < 1.29 is 28.6 Å². The number of benzene rings is 1. The highest BCUT2D eigenvalue weighted by Gasteiger charge is 2.27. The van der Waals surface area contributed by atoms with Gasteiger partial charge in [-0.2, -0.15) is 0 Å². The van der Waals surface area contributed by atoms with Crippen LogP contribution in [0.1, 0.15) is 185 Å². The fourth-order valence-electron chi connectivity index (χ4n) is 5.34. The summed E-state index contributed by atoms with van der Waals surface area (Å²) >= 11 is 0. The summed E-state index contributed by atoms with van der Waals surface area (Å²) < 4.78 is 15.7. The van der Waals surface area contributed by atoms with Crippen LogP contribution in [-0.4, -0.2) is 87.8 Å². The van der Waals surface area contributed by atoms with E-state index in [0.717, 1.165) is 51.7 Å². The van der Waals surface area contributed by atoms with Gasteiger partial charge in [0.25, 0.3) is 0 Å². The van der Waals surface area contributed by atoms with Crippen molar-refractivity contribution >= 4 is 17.8 Å². The number of morpholine rings is 1. The maximum atomic E-state index is 11.7. The van der Waals surface area contributed by atoms with Crippen molar-refractivity contribution in [1.82, 2.24) is 9.80 Å². The number of amides is 1. The van der Waals surface area contributed by atoms with Crippen molar-refractivity contribution in [1.29, 1.82) is 0 Å². The van der Waals surface area contributed by atoms with Gasteiger partial charge in [0.1, 0.15) is 0 Å². The van der Waals surface area contributed by atoms with Gasteiger partial charge in [-0.25, -0.2) is 0 Å². The quantitative estimate of drug-likeness (QED) is 0.0804. The Bertz CT molecular complexity index is 1130. The Balaban J connectivity index is 0. The lowest BCUT2D eigenvalue weighted by Crippen LogP contribution is -2.43. The highest BCUT2D eigenvalue weighted by molar-refractivity contribution is 5.78. The molecule has 8 nitrogen and oxygen atoms in total. The van der Waals surface area contributed by atoms with E-state index in [1.165, 1.54) is 69.8 Å². The molecule has 1 aliphatic heterocycles. The van der Waals surface area contributed by atoms with Crippen LogP contribution in [0.25, 0.3) is 0 Å². The van der Waals surface area contributed by atoms with Crippen molar-refractivity contribution in [2.45, 2.75) is 185 Å². The Morgan fingerprint density at radius 3 is 1.51 bits per heavy atom. The summed E-state index contributed by atoms with van der Waals surface area (Å²) in [4.78, 5) is 38.8. The average molecular weight is 805 g/mol. The van der Waals surface area contributed by atoms with Crippen LogP contribution in [0.15, 0.2) is 30.3 Å². The number of rotatable bonds is 23. The van der Waals surface area contributed by atoms with Crippen molar-refractivity contribution in [2.24, 2.45) is 16.7 Å². The van der Waals surface area contributed by atoms with Crippen LogP contribution in [0.4, 0.5) is 0 Å². The lowest BCUT2D eigenvalue weighted by Gasteiger charge is -2.28. The van der Waals surface area contributed by atoms with Crippen LogP contribution < -0.4 is 0 Å². The van der Waals surface area contributed by atoms with E-state index < -0.39 is 0 Å². The van der Waals surface area contributed by atoms with Gasteiger partial charge in [0.2, 0.25) is 5.91 Å². The lowest BCUT2D eigenvalue weighted by atomic mass is 9.82. The second kappa shape index (κ2) is 33.4. The van der Waals surface area contributed by atoms with Crippen molar-refractivity contribution in [3.8, 4) is 0 Å². The van der Waals surface area contributed by atoms with Gasteiger partial charge < -0.3 is 24.0 Å². The molecule has 1 saturated heterocycles. The van der Waals surface area contributed by atoms with Gasteiger partial charge >= 0.3 is 11.9 Å². The maximum Gasteiger partial charge on any atom is 0.311 e. The first kappa shape index (κ1) is 56.6. The summed E-state index contributed by atoms with van der Waals surface area (Å²) in [5.74, 6) is 0.318. The molecule has 0 spiro atoms. The summed E-state index contributed by atoms with van der Waals surface area (Å²) in [7, 11) is 4.02. The number of hydrogen-bond donors (Lipinski definition) is 0. The molecule has 1 aliphatic rings. The van der Waals surface area contributed by atoms with E-state index in [1.54, 1.807) is 0 Å². The Kier molecular flexibility index (Phi) is 33.2. The van der Waals surface area contributed by atoms with E-state index in [2.05, 4.69) is 62.9 Å². The van der Waals surface area contributed by atoms with E-state index in [4.69, 9.17) is 14.2 Å². The average Bonchev–Trinajstić information content (AvgIpc) is 3.21. The summed E-state index contributed by atoms with van der Waals surface area (Å²) in [5.41, 5.74) is 1.11. The van der Waals surface area contributed by atoms with E-state index in [0.29, 0.717) is 31.8 Å². The molecule has 1 atom stereocenters. The summed E-state index contributed by atoms with van der Waals surface area (Å²) in [6, 6.07) is 10.7. The molecule has 0 N–H and O–H groups in total. The zero-order valence-electron chi connectivity index (χ0n) is 39.9. The first-order valence-corrected chi connectivity index (χ1v) is 22.8. The summed E-state index contributed by atoms with van der Waals surface area (Å²) in [5, 5.41) is 0. The topological polar surface area (TPSA) is 85.4 Å². The number of unbranched alkanes of at least 4 members (excludes halogenated alkanes) is 9. The molecule has 1 fully saturated rings. The summed E-state index contributed by atoms with van der Waals surface area (Å²) in [6.45, 7) is 29.9. The molecule has 1 aromatic carbocycles. The van der Waals surface area contributed by atoms with Gasteiger partial charge in [-0.3, -0.25) is 14.4 Å². The van der Waals surface area contributed by atoms with Crippen molar-refractivity contribution in [3.05, 3.63) is 35.9 Å². The van der Waals surface area contributed by atoms with Gasteiger partial charge in [0, 0.05) is 25.6 Å². The number of carbonyl (C=O) groups excluding carboxylic acids is 3. The highest BCUT2D eigenvalue weighted by Crippen LogP contribution is 2.26. The monoisotopic (exact) mass is 805 g/mol. The largest absolute Gasteiger partial charge is 0.465 e. The molecule has 334 valence electrons. The smallest absolute Gasteiger partial charge is 0.311 e. The van der Waals surface area contributed by atoms with E-state index in [-0.39, 0.29) is 34.6 Å². The number of ether oxygens (including phenoxy) is 3. The van der Waals surface area contributed by atoms with Crippen LogP contribution in [0, 0.1) is 16.7 Å². The number of carbonyl (C=O) groups is 3. The van der Waals surface area contributed by atoms with E-state index >= 15 is 0 Å². The second-order valence-corrected chi connectivity index (χ2v) is 17.9. The van der Waals surface area contributed by atoms with Crippen LogP contribution in [0.5, 0.6) is 0 Å². The van der Waals surface area contributed by atoms with Crippen LogP contribution in [0.3, 0.4) is 0 Å². The molecule has 2 rings (SSSR count). The highest BCUT2D eigenvalue weighted by atomic mass is 16.5. The number of nitrogens with zero attached hydrogens (tertiary/aromatic N) is 2. The van der Waals surface area contributed by atoms with Crippen LogP contribution in [-0.2, 0) is 34.0 Å². The SMILES string of the molecule is CCC(C)(C)C(=O)OCCCN(C)C.CCC(C)(C)c1ccccc1.CCC(C)C(=O)N1CCOCC1.CCCCCCCCCCCCOC(=O)C(C)(C)CC. The normalized spacial score (nSPS) is 13.6. The van der Waals surface area contributed by atoms with Crippen LogP contribution >= 0.6 is 0 Å². The molecule has 0 saturated carbocycles. The lowest BCUT2D eigenvalue weighted by molar-refractivity contribution is -0.155. The van der Waals surface area contributed by atoms with Gasteiger partial charge in [-0.15, -0.1) is 0 Å². The van der Waals surface area contributed by atoms with Crippen LogP contribution in [0.2, 0.25) is 0 Å². The molecule has 0 bridgehead atoms. The second-order valence-electron chi connectivity index (χ2n) is 17.9. The minimum Gasteiger partial charge on any atom is -0.465 e. The summed E-state index contributed by atoms with van der Waals surface area (Å²) in [6.07, 6.45) is 17.8. The minimum atomic E-state index is -0.335. The molecule has 0 radical (unpaired) electrons. The van der Waals surface area contributed by atoms with E-state index in [1.807, 2.05) is 74.4 Å². The van der Waals surface area contributed by atoms with Gasteiger partial charge in [-0.05, 0) is 91.3 Å². The molecule has 0 aliphatic carbocycles. The van der Waals surface area contributed by atoms with Crippen molar-refractivity contribution in [2.75, 3.05) is 60.2 Å². The Hall–Kier alpha value is -2.45. The third-order valence-corrected chi connectivity index (χ3v) is 11.4. The number of esters is 2. The first-order valence-electron chi connectivity index (χ1n) is 22.8.